The van der Waals surface area contributed by atoms with Gasteiger partial charge in [-0.05, 0) is 37.6 Å². The first-order valence-electron chi connectivity index (χ1n) is 5.50. The van der Waals surface area contributed by atoms with Gasteiger partial charge in [0, 0.05) is 23.1 Å². The Kier molecular flexibility index (Phi) is 3.62. The number of halogens is 2. The molecule has 2 nitrogen and oxygen atoms in total. The third kappa shape index (κ3) is 2.44. The molecule has 0 heterocycles. The van der Waals surface area contributed by atoms with Gasteiger partial charge in [0.25, 0.3) is 0 Å². The van der Waals surface area contributed by atoms with Crippen LogP contribution in [0.2, 0.25) is 0 Å². The van der Waals surface area contributed by atoms with E-state index in [2.05, 4.69) is 27.9 Å². The molecule has 1 atom stereocenters. The minimum absolute atomic E-state index is 0.169. The zero-order valence-electron chi connectivity index (χ0n) is 9.29. The van der Waals surface area contributed by atoms with Gasteiger partial charge in [0.2, 0.25) is 0 Å². The van der Waals surface area contributed by atoms with Crippen LogP contribution in [0.15, 0.2) is 22.7 Å². The average molecular weight is 287 g/mol. The van der Waals surface area contributed by atoms with Crippen LogP contribution in [0.4, 0.5) is 4.39 Å². The van der Waals surface area contributed by atoms with Gasteiger partial charge in [-0.3, -0.25) is 4.90 Å². The summed E-state index contributed by atoms with van der Waals surface area (Å²) in [7, 11) is 2.09. The highest BCUT2D eigenvalue weighted by Gasteiger charge is 2.31. The fourth-order valence-corrected chi connectivity index (χ4v) is 2.64. The highest BCUT2D eigenvalue weighted by Crippen LogP contribution is 2.35. The van der Waals surface area contributed by atoms with Crippen LogP contribution >= 0.6 is 15.9 Å². The Morgan fingerprint density at radius 3 is 2.75 bits per heavy atom. The SMILES string of the molecule is CN(C1CC1)C(CN)c1ccc(F)cc1Br. The van der Waals surface area contributed by atoms with Crippen LogP contribution in [0.5, 0.6) is 0 Å². The fraction of sp³-hybridized carbons (Fsp3) is 0.500. The minimum atomic E-state index is -0.222. The van der Waals surface area contributed by atoms with E-state index in [1.54, 1.807) is 0 Å². The first-order chi connectivity index (χ1) is 7.63. The molecule has 1 aliphatic carbocycles. The minimum Gasteiger partial charge on any atom is -0.329 e. The van der Waals surface area contributed by atoms with E-state index in [9.17, 15) is 4.39 Å². The Morgan fingerprint density at radius 2 is 2.25 bits per heavy atom. The lowest BCUT2D eigenvalue weighted by Crippen LogP contribution is -2.32. The van der Waals surface area contributed by atoms with Gasteiger partial charge in [0.1, 0.15) is 5.82 Å². The van der Waals surface area contributed by atoms with Crippen LogP contribution in [0.1, 0.15) is 24.4 Å². The van der Waals surface area contributed by atoms with Crippen molar-refractivity contribution in [1.29, 1.82) is 0 Å². The third-order valence-electron chi connectivity index (χ3n) is 3.16. The van der Waals surface area contributed by atoms with E-state index in [0.717, 1.165) is 10.0 Å². The first-order valence-corrected chi connectivity index (χ1v) is 6.29. The molecule has 1 saturated carbocycles. The average Bonchev–Trinajstić information content (AvgIpc) is 3.05. The Hall–Kier alpha value is -0.450. The number of rotatable bonds is 4. The van der Waals surface area contributed by atoms with E-state index in [4.69, 9.17) is 5.73 Å². The largest absolute Gasteiger partial charge is 0.329 e. The highest BCUT2D eigenvalue weighted by molar-refractivity contribution is 9.10. The first kappa shape index (κ1) is 12.0. The maximum Gasteiger partial charge on any atom is 0.124 e. The molecule has 0 spiro atoms. The van der Waals surface area contributed by atoms with Crippen molar-refractivity contribution in [2.24, 2.45) is 5.73 Å². The van der Waals surface area contributed by atoms with Crippen LogP contribution in [0.3, 0.4) is 0 Å². The van der Waals surface area contributed by atoms with Crippen LogP contribution in [0, 0.1) is 5.82 Å². The maximum atomic E-state index is 13.0. The molecule has 0 saturated heterocycles. The Labute approximate surface area is 104 Å². The summed E-state index contributed by atoms with van der Waals surface area (Å²) in [6, 6.07) is 5.62. The summed E-state index contributed by atoms with van der Waals surface area (Å²) in [6.45, 7) is 0.553. The Balaban J connectivity index is 2.24. The van der Waals surface area contributed by atoms with Crippen molar-refractivity contribution in [1.82, 2.24) is 4.90 Å². The molecule has 2 N–H and O–H groups in total. The summed E-state index contributed by atoms with van der Waals surface area (Å²) < 4.78 is 13.8. The molecule has 1 unspecified atom stereocenters. The molecule has 1 aromatic carbocycles. The standard InChI is InChI=1S/C12H16BrFN2/c1-16(9-3-4-9)12(7-15)10-5-2-8(14)6-11(10)13/h2,5-6,9,12H,3-4,7,15H2,1H3. The van der Waals surface area contributed by atoms with Gasteiger partial charge in [-0.25, -0.2) is 4.39 Å². The van der Waals surface area contributed by atoms with Crippen LogP contribution in [0.25, 0.3) is 0 Å². The zero-order valence-corrected chi connectivity index (χ0v) is 10.9. The second-order valence-electron chi connectivity index (χ2n) is 4.31. The summed E-state index contributed by atoms with van der Waals surface area (Å²) in [6.07, 6.45) is 2.48. The number of benzene rings is 1. The fourth-order valence-electron chi connectivity index (χ4n) is 2.02. The topological polar surface area (TPSA) is 29.3 Å². The van der Waals surface area contributed by atoms with Crippen molar-refractivity contribution in [2.45, 2.75) is 24.9 Å². The van der Waals surface area contributed by atoms with Crippen molar-refractivity contribution in [3.8, 4) is 0 Å². The molecule has 0 radical (unpaired) electrons. The van der Waals surface area contributed by atoms with E-state index in [0.29, 0.717) is 12.6 Å². The lowest BCUT2D eigenvalue weighted by molar-refractivity contribution is 0.239. The second kappa shape index (κ2) is 4.82. The summed E-state index contributed by atoms with van der Waals surface area (Å²) >= 11 is 3.40. The van der Waals surface area contributed by atoms with E-state index < -0.39 is 0 Å². The van der Waals surface area contributed by atoms with Crippen molar-refractivity contribution >= 4 is 15.9 Å². The van der Waals surface area contributed by atoms with Crippen LogP contribution in [-0.2, 0) is 0 Å². The molecule has 2 rings (SSSR count). The molecule has 1 aliphatic rings. The van der Waals surface area contributed by atoms with E-state index in [1.807, 2.05) is 6.07 Å². The predicted octanol–water partition coefficient (Wildman–Crippen LogP) is 2.68. The lowest BCUT2D eigenvalue weighted by Gasteiger charge is -2.28. The van der Waals surface area contributed by atoms with E-state index in [-0.39, 0.29) is 11.9 Å². The second-order valence-corrected chi connectivity index (χ2v) is 5.17. The van der Waals surface area contributed by atoms with Gasteiger partial charge in [-0.15, -0.1) is 0 Å². The van der Waals surface area contributed by atoms with Gasteiger partial charge < -0.3 is 5.73 Å². The normalized spacial score (nSPS) is 17.8. The van der Waals surface area contributed by atoms with E-state index >= 15 is 0 Å². The smallest absolute Gasteiger partial charge is 0.124 e. The van der Waals surface area contributed by atoms with Gasteiger partial charge in [-0.1, -0.05) is 22.0 Å². The third-order valence-corrected chi connectivity index (χ3v) is 3.85. The molecule has 88 valence electrons. The summed E-state index contributed by atoms with van der Waals surface area (Å²) in [5.74, 6) is -0.222. The summed E-state index contributed by atoms with van der Waals surface area (Å²) in [5.41, 5.74) is 6.89. The molecule has 0 aromatic heterocycles. The summed E-state index contributed by atoms with van der Waals surface area (Å²) in [5, 5.41) is 0. The quantitative estimate of drug-likeness (QED) is 0.922. The molecule has 0 amide bonds. The monoisotopic (exact) mass is 286 g/mol. The molecular weight excluding hydrogens is 271 g/mol. The number of likely N-dealkylation sites (N-methyl/N-ethyl adjacent to an activating group) is 1. The van der Waals surface area contributed by atoms with Crippen molar-refractivity contribution in [3.05, 3.63) is 34.1 Å². The molecule has 0 bridgehead atoms. The summed E-state index contributed by atoms with van der Waals surface area (Å²) in [4.78, 5) is 2.29. The van der Waals surface area contributed by atoms with Crippen molar-refractivity contribution in [3.63, 3.8) is 0 Å². The van der Waals surface area contributed by atoms with Crippen LogP contribution < -0.4 is 5.73 Å². The number of hydrogen-bond donors (Lipinski definition) is 1. The lowest BCUT2D eigenvalue weighted by atomic mass is 10.1. The number of hydrogen-bond acceptors (Lipinski definition) is 2. The molecule has 1 fully saturated rings. The van der Waals surface area contributed by atoms with Crippen LogP contribution in [-0.4, -0.2) is 24.5 Å². The molecule has 1 aromatic rings. The molecular formula is C12H16BrFN2. The van der Waals surface area contributed by atoms with Crippen molar-refractivity contribution in [2.75, 3.05) is 13.6 Å². The predicted molar refractivity (Wildman–Crippen MR) is 66.7 cm³/mol. The molecule has 0 aliphatic heterocycles. The maximum absolute atomic E-state index is 13.0. The van der Waals surface area contributed by atoms with Gasteiger partial charge >= 0.3 is 0 Å². The number of nitrogens with zero attached hydrogens (tertiary/aromatic N) is 1. The van der Waals surface area contributed by atoms with E-state index in [1.165, 1.54) is 25.0 Å². The van der Waals surface area contributed by atoms with Gasteiger partial charge in [0.05, 0.1) is 0 Å². The van der Waals surface area contributed by atoms with Gasteiger partial charge in [0.15, 0.2) is 0 Å². The Bertz CT molecular complexity index is 379. The number of nitrogens with two attached hydrogens (primary N) is 1. The van der Waals surface area contributed by atoms with Gasteiger partial charge in [-0.2, -0.15) is 0 Å². The van der Waals surface area contributed by atoms with Crippen molar-refractivity contribution < 1.29 is 4.39 Å². The molecule has 16 heavy (non-hydrogen) atoms. The molecule has 4 heteroatoms. The Morgan fingerprint density at radius 1 is 1.56 bits per heavy atom. The highest BCUT2D eigenvalue weighted by atomic mass is 79.9. The zero-order chi connectivity index (χ0) is 11.7.